The lowest BCUT2D eigenvalue weighted by atomic mass is 10.1. The van der Waals surface area contributed by atoms with Crippen molar-refractivity contribution in [2.45, 2.75) is 26.8 Å². The molecule has 0 aliphatic carbocycles. The summed E-state index contributed by atoms with van der Waals surface area (Å²) in [6.45, 7) is 8.11. The molecule has 3 heterocycles. The van der Waals surface area contributed by atoms with E-state index in [0.717, 1.165) is 5.69 Å². The molecule has 1 aliphatic rings. The molecule has 1 atom stereocenters. The monoisotopic (exact) mass is 483 g/mol. The van der Waals surface area contributed by atoms with E-state index in [1.807, 2.05) is 32.9 Å². The molecule has 35 heavy (non-hydrogen) atoms. The van der Waals surface area contributed by atoms with E-state index >= 15 is 0 Å². The second-order valence-corrected chi connectivity index (χ2v) is 8.81. The average molecular weight is 484 g/mol. The van der Waals surface area contributed by atoms with Gasteiger partial charge < -0.3 is 25.4 Å². The van der Waals surface area contributed by atoms with Gasteiger partial charge in [-0.05, 0) is 37.1 Å². The molecule has 3 N–H and O–H groups in total. The number of hydrogen-bond acceptors (Lipinski definition) is 8. The number of anilines is 3. The van der Waals surface area contributed by atoms with Gasteiger partial charge in [0.05, 0.1) is 55.3 Å². The zero-order chi connectivity index (χ0) is 24.9. The molecule has 1 amide bonds. The summed E-state index contributed by atoms with van der Waals surface area (Å²) in [7, 11) is 0. The quantitative estimate of drug-likeness (QED) is 0.447. The van der Waals surface area contributed by atoms with Crippen LogP contribution in [0.2, 0.25) is 0 Å². The van der Waals surface area contributed by atoms with Crippen LogP contribution in [0.3, 0.4) is 0 Å². The van der Waals surface area contributed by atoms with Crippen molar-refractivity contribution in [2.24, 2.45) is 5.92 Å². The third kappa shape index (κ3) is 5.92. The highest BCUT2D eigenvalue weighted by Gasteiger charge is 2.19. The highest BCUT2D eigenvalue weighted by atomic mass is 19.1. The Kier molecular flexibility index (Phi) is 7.57. The Morgan fingerprint density at radius 1 is 1.20 bits per heavy atom. The van der Waals surface area contributed by atoms with Gasteiger partial charge in [0.1, 0.15) is 5.82 Å². The number of hydrogen-bond donors (Lipinski definition) is 3. The summed E-state index contributed by atoms with van der Waals surface area (Å²) < 4.78 is 21.2. The molecule has 0 bridgehead atoms. The first-order valence-electron chi connectivity index (χ1n) is 11.6. The van der Waals surface area contributed by atoms with Crippen LogP contribution in [-0.4, -0.2) is 69.9 Å². The van der Waals surface area contributed by atoms with Crippen molar-refractivity contribution in [1.82, 2.24) is 25.3 Å². The van der Waals surface area contributed by atoms with Gasteiger partial charge in [0, 0.05) is 24.5 Å². The summed E-state index contributed by atoms with van der Waals surface area (Å²) in [6, 6.07) is 6.25. The van der Waals surface area contributed by atoms with Crippen LogP contribution in [0.5, 0.6) is 0 Å². The van der Waals surface area contributed by atoms with Gasteiger partial charge in [0.2, 0.25) is 0 Å². The maximum Gasteiger partial charge on any atom is 0.273 e. The number of amides is 1. The molecule has 1 aliphatic heterocycles. The van der Waals surface area contributed by atoms with E-state index in [2.05, 4.69) is 30.8 Å². The Balaban J connectivity index is 1.53. The van der Waals surface area contributed by atoms with E-state index in [4.69, 9.17) is 4.74 Å². The number of pyridine rings is 1. The molecule has 0 saturated carbocycles. The molecule has 1 aromatic carbocycles. The molecule has 4 rings (SSSR count). The highest BCUT2D eigenvalue weighted by Crippen LogP contribution is 2.26. The lowest BCUT2D eigenvalue weighted by Crippen LogP contribution is -2.41. The fourth-order valence-electron chi connectivity index (χ4n) is 3.79. The number of aliphatic hydroxyl groups is 1. The number of morpholine rings is 1. The summed E-state index contributed by atoms with van der Waals surface area (Å²) in [5.74, 6) is -0.689. The van der Waals surface area contributed by atoms with E-state index in [1.54, 1.807) is 6.20 Å². The first-order chi connectivity index (χ1) is 16.8. The lowest BCUT2D eigenvalue weighted by molar-refractivity contribution is 0.0891. The van der Waals surface area contributed by atoms with Crippen LogP contribution in [-0.2, 0) is 4.74 Å². The SMILES string of the molecule is Cc1ncc(Nc2cc(F)cc(N3CCOCC3)c2)cc1-n1cc(C(=O)NC(CO)C(C)C)nn1. The molecule has 1 fully saturated rings. The number of nitrogens with zero attached hydrogens (tertiary/aromatic N) is 5. The maximum absolute atomic E-state index is 14.3. The van der Waals surface area contributed by atoms with Crippen LogP contribution in [0.15, 0.2) is 36.7 Å². The molecule has 2 aromatic heterocycles. The van der Waals surface area contributed by atoms with Crippen molar-refractivity contribution in [3.8, 4) is 5.69 Å². The Labute approximate surface area is 203 Å². The van der Waals surface area contributed by atoms with E-state index in [-0.39, 0.29) is 30.1 Å². The fourth-order valence-corrected chi connectivity index (χ4v) is 3.79. The van der Waals surface area contributed by atoms with Gasteiger partial charge in [0.15, 0.2) is 5.69 Å². The average Bonchev–Trinajstić information content (AvgIpc) is 3.34. The van der Waals surface area contributed by atoms with Crippen molar-refractivity contribution < 1.29 is 19.0 Å². The topological polar surface area (TPSA) is 117 Å². The molecule has 3 aromatic rings. The van der Waals surface area contributed by atoms with Gasteiger partial charge in [-0.25, -0.2) is 9.07 Å². The normalized spacial score (nSPS) is 14.7. The third-order valence-electron chi connectivity index (χ3n) is 5.90. The number of rotatable bonds is 8. The van der Waals surface area contributed by atoms with Gasteiger partial charge in [-0.3, -0.25) is 9.78 Å². The van der Waals surface area contributed by atoms with Crippen molar-refractivity contribution in [2.75, 3.05) is 43.1 Å². The second kappa shape index (κ2) is 10.8. The Hall–Kier alpha value is -3.57. The number of ether oxygens (including phenoxy) is 1. The van der Waals surface area contributed by atoms with Crippen LogP contribution in [0.4, 0.5) is 21.5 Å². The minimum Gasteiger partial charge on any atom is -0.394 e. The minimum atomic E-state index is -0.417. The van der Waals surface area contributed by atoms with Crippen LogP contribution in [0, 0.1) is 18.7 Å². The zero-order valence-corrected chi connectivity index (χ0v) is 20.0. The van der Waals surface area contributed by atoms with Gasteiger partial charge >= 0.3 is 0 Å². The summed E-state index contributed by atoms with van der Waals surface area (Å²) in [4.78, 5) is 19.0. The number of benzene rings is 1. The van der Waals surface area contributed by atoms with E-state index in [9.17, 15) is 14.3 Å². The Bertz CT molecular complexity index is 1180. The molecule has 1 saturated heterocycles. The molecule has 1 unspecified atom stereocenters. The largest absolute Gasteiger partial charge is 0.394 e. The molecular formula is C24H30FN7O3. The number of aromatic nitrogens is 4. The first-order valence-corrected chi connectivity index (χ1v) is 11.6. The smallest absolute Gasteiger partial charge is 0.273 e. The molecule has 11 heteroatoms. The maximum atomic E-state index is 14.3. The summed E-state index contributed by atoms with van der Waals surface area (Å²) in [6.07, 6.45) is 3.16. The Morgan fingerprint density at radius 3 is 2.69 bits per heavy atom. The van der Waals surface area contributed by atoms with Crippen LogP contribution in [0.1, 0.15) is 30.0 Å². The van der Waals surface area contributed by atoms with Gasteiger partial charge in [0.25, 0.3) is 5.91 Å². The van der Waals surface area contributed by atoms with Crippen molar-refractivity contribution in [3.05, 3.63) is 53.9 Å². The number of carbonyl (C=O) groups excluding carboxylic acids is 1. The lowest BCUT2D eigenvalue weighted by Gasteiger charge is -2.29. The molecule has 186 valence electrons. The van der Waals surface area contributed by atoms with E-state index in [0.29, 0.717) is 49.1 Å². The van der Waals surface area contributed by atoms with Crippen LogP contribution in [0.25, 0.3) is 5.69 Å². The van der Waals surface area contributed by atoms with Crippen molar-refractivity contribution in [3.63, 3.8) is 0 Å². The van der Waals surface area contributed by atoms with Crippen LogP contribution >= 0.6 is 0 Å². The van der Waals surface area contributed by atoms with Gasteiger partial charge in [-0.15, -0.1) is 5.10 Å². The molecular weight excluding hydrogens is 453 g/mol. The van der Waals surface area contributed by atoms with Crippen LogP contribution < -0.4 is 15.5 Å². The number of aryl methyl sites for hydroxylation is 1. The molecule has 10 nitrogen and oxygen atoms in total. The summed E-state index contributed by atoms with van der Waals surface area (Å²) in [5, 5.41) is 23.5. The number of halogens is 1. The van der Waals surface area contributed by atoms with E-state index in [1.165, 1.54) is 23.0 Å². The number of carbonyl (C=O) groups is 1. The predicted octanol–water partition coefficient (Wildman–Crippen LogP) is 2.44. The predicted molar refractivity (Wildman–Crippen MR) is 130 cm³/mol. The fraction of sp³-hybridized carbons (Fsp3) is 0.417. The molecule has 0 spiro atoms. The van der Waals surface area contributed by atoms with E-state index < -0.39 is 5.91 Å². The van der Waals surface area contributed by atoms with Crippen molar-refractivity contribution in [1.29, 1.82) is 0 Å². The highest BCUT2D eigenvalue weighted by molar-refractivity contribution is 5.92. The first kappa shape index (κ1) is 24.6. The second-order valence-electron chi connectivity index (χ2n) is 8.81. The summed E-state index contributed by atoms with van der Waals surface area (Å²) in [5.41, 5.74) is 3.43. The Morgan fingerprint density at radius 2 is 1.97 bits per heavy atom. The number of nitrogens with one attached hydrogen (secondary N) is 2. The number of aliphatic hydroxyl groups excluding tert-OH is 1. The zero-order valence-electron chi connectivity index (χ0n) is 20.0. The summed E-state index contributed by atoms with van der Waals surface area (Å²) >= 11 is 0. The standard InChI is InChI=1S/C24H30FN7O3/c1-15(2)22(14-33)28-24(34)21-13-32(30-29-21)23-11-19(12-26-16(23)3)27-18-8-17(25)9-20(10-18)31-4-6-35-7-5-31/h8-13,15,22,27,33H,4-7,14H2,1-3H3,(H,28,34). The third-order valence-corrected chi connectivity index (χ3v) is 5.90. The molecule has 0 radical (unpaired) electrons. The van der Waals surface area contributed by atoms with Crippen molar-refractivity contribution >= 4 is 23.0 Å². The minimum absolute atomic E-state index is 0.0692. The van der Waals surface area contributed by atoms with Gasteiger partial charge in [-0.1, -0.05) is 19.1 Å². The van der Waals surface area contributed by atoms with Gasteiger partial charge in [-0.2, -0.15) is 0 Å².